The predicted molar refractivity (Wildman–Crippen MR) is 118 cm³/mol. The molecular formula is C25H35ClN2O2. The van der Waals surface area contributed by atoms with E-state index >= 15 is 0 Å². The van der Waals surface area contributed by atoms with Gasteiger partial charge in [-0.2, -0.15) is 0 Å². The molecule has 1 aromatic heterocycles. The second-order valence-electron chi connectivity index (χ2n) is 9.03. The van der Waals surface area contributed by atoms with E-state index in [9.17, 15) is 5.11 Å². The van der Waals surface area contributed by atoms with Gasteiger partial charge in [-0.25, -0.2) is 0 Å². The molecule has 2 bridgehead atoms. The van der Waals surface area contributed by atoms with Gasteiger partial charge in [0.1, 0.15) is 17.9 Å². The average molecular weight is 431 g/mol. The molecule has 1 aromatic carbocycles. The lowest BCUT2D eigenvalue weighted by molar-refractivity contribution is -0.973. The highest BCUT2D eigenvalue weighted by Crippen LogP contribution is 2.47. The number of benzene rings is 1. The maximum atomic E-state index is 11.7. The van der Waals surface area contributed by atoms with Gasteiger partial charge in [0.05, 0.1) is 32.3 Å². The Labute approximate surface area is 187 Å². The second kappa shape index (κ2) is 9.67. The molecule has 164 valence electrons. The van der Waals surface area contributed by atoms with Crippen molar-refractivity contribution in [3.8, 4) is 5.75 Å². The Hall–Kier alpha value is -1.62. The largest absolute Gasteiger partial charge is 1.00 e. The van der Waals surface area contributed by atoms with Crippen molar-refractivity contribution in [1.29, 1.82) is 0 Å². The fourth-order valence-corrected chi connectivity index (χ4v) is 5.90. The molecule has 30 heavy (non-hydrogen) atoms. The van der Waals surface area contributed by atoms with E-state index in [0.717, 1.165) is 39.7 Å². The molecule has 3 aliphatic heterocycles. The van der Waals surface area contributed by atoms with Crippen LogP contribution in [0.4, 0.5) is 0 Å². The van der Waals surface area contributed by atoms with Gasteiger partial charge in [0.2, 0.25) is 0 Å². The Morgan fingerprint density at radius 2 is 2.17 bits per heavy atom. The van der Waals surface area contributed by atoms with E-state index in [1.54, 1.807) is 7.11 Å². The molecule has 0 radical (unpaired) electrons. The molecule has 0 aliphatic carbocycles. The zero-order chi connectivity index (χ0) is 20.4. The number of nitrogens with zero attached hydrogens (tertiary/aromatic N) is 2. The van der Waals surface area contributed by atoms with Crippen LogP contribution in [-0.4, -0.2) is 47.4 Å². The number of piperidine rings is 3. The molecule has 0 amide bonds. The van der Waals surface area contributed by atoms with Gasteiger partial charge in [0.25, 0.3) is 0 Å². The van der Waals surface area contributed by atoms with E-state index < -0.39 is 6.10 Å². The molecule has 0 saturated carbocycles. The second-order valence-corrected chi connectivity index (χ2v) is 9.03. The number of hydrogen-bond acceptors (Lipinski definition) is 3. The van der Waals surface area contributed by atoms with Crippen LogP contribution < -0.4 is 17.1 Å². The summed E-state index contributed by atoms with van der Waals surface area (Å²) in [6.45, 7) is 9.87. The summed E-state index contributed by atoms with van der Waals surface area (Å²) in [6.07, 6.45) is 9.59. The number of quaternary nitrogens is 1. The summed E-state index contributed by atoms with van der Waals surface area (Å²) in [5, 5.41) is 12.7. The quantitative estimate of drug-likeness (QED) is 0.395. The third-order valence-corrected chi connectivity index (χ3v) is 7.55. The molecule has 3 aliphatic rings. The fourth-order valence-electron chi connectivity index (χ4n) is 5.90. The van der Waals surface area contributed by atoms with Gasteiger partial charge < -0.3 is 26.7 Å². The molecule has 5 atom stereocenters. The summed E-state index contributed by atoms with van der Waals surface area (Å²) in [7, 11) is 1.68. The van der Waals surface area contributed by atoms with Gasteiger partial charge in [-0.05, 0) is 48.6 Å². The number of rotatable bonds is 8. The number of hydrogen-bond donors (Lipinski definition) is 1. The van der Waals surface area contributed by atoms with Gasteiger partial charge in [-0.3, -0.25) is 4.98 Å². The van der Waals surface area contributed by atoms with Crippen molar-refractivity contribution in [2.75, 3.05) is 26.7 Å². The minimum Gasteiger partial charge on any atom is -1.00 e. The number of aromatic nitrogens is 1. The van der Waals surface area contributed by atoms with Crippen LogP contribution in [0.2, 0.25) is 0 Å². The first-order valence-corrected chi connectivity index (χ1v) is 11.2. The van der Waals surface area contributed by atoms with Crippen molar-refractivity contribution in [3.05, 3.63) is 48.7 Å². The molecular weight excluding hydrogens is 396 g/mol. The summed E-state index contributed by atoms with van der Waals surface area (Å²) in [4.78, 5) is 4.51. The Morgan fingerprint density at radius 1 is 1.33 bits per heavy atom. The number of unbranched alkanes of at least 4 members (excludes halogenated alkanes) is 2. The first-order valence-electron chi connectivity index (χ1n) is 11.2. The van der Waals surface area contributed by atoms with Gasteiger partial charge >= 0.3 is 0 Å². The van der Waals surface area contributed by atoms with Crippen LogP contribution in [-0.2, 0) is 0 Å². The van der Waals surface area contributed by atoms with E-state index in [1.165, 1.54) is 38.8 Å². The van der Waals surface area contributed by atoms with Crippen molar-refractivity contribution in [3.63, 3.8) is 0 Å². The Kier molecular flexibility index (Phi) is 7.43. The zero-order valence-electron chi connectivity index (χ0n) is 18.3. The highest BCUT2D eigenvalue weighted by Gasteiger charge is 2.53. The van der Waals surface area contributed by atoms with Crippen molar-refractivity contribution < 1.29 is 26.7 Å². The molecule has 0 spiro atoms. The molecule has 1 N–H and O–H groups in total. The van der Waals surface area contributed by atoms with Gasteiger partial charge in [0.15, 0.2) is 0 Å². The zero-order valence-corrected chi connectivity index (χ0v) is 19.0. The molecule has 2 aromatic rings. The normalized spacial score (nSPS) is 28.7. The predicted octanol–water partition coefficient (Wildman–Crippen LogP) is 1.88. The number of aliphatic hydroxyl groups excluding tert-OH is 1. The highest BCUT2D eigenvalue weighted by atomic mass is 35.5. The lowest BCUT2D eigenvalue weighted by atomic mass is 9.71. The van der Waals surface area contributed by atoms with Crippen molar-refractivity contribution in [2.24, 2.45) is 11.8 Å². The Balaban J connectivity index is 0.00000256. The first-order chi connectivity index (χ1) is 14.1. The number of aliphatic hydroxyl groups is 1. The molecule has 3 saturated heterocycles. The van der Waals surface area contributed by atoms with E-state index in [4.69, 9.17) is 4.74 Å². The maximum Gasteiger partial charge on any atom is 0.131 e. The van der Waals surface area contributed by atoms with Gasteiger partial charge in [-0.1, -0.05) is 19.4 Å². The van der Waals surface area contributed by atoms with Gasteiger partial charge in [0, 0.05) is 30.3 Å². The number of fused-ring (bicyclic) bond motifs is 4. The molecule has 5 unspecified atom stereocenters. The van der Waals surface area contributed by atoms with Gasteiger partial charge in [-0.15, -0.1) is 6.58 Å². The smallest absolute Gasteiger partial charge is 0.131 e. The maximum absolute atomic E-state index is 11.7. The monoisotopic (exact) mass is 430 g/mol. The standard InChI is InChI=1S/C25H35N2O2.ClH/c1-4-6-7-13-27-14-11-19(18(5-2)17-27)15-24(27)25(28)21-10-12-26-23-9-8-20(29-3)16-22(21)23;/h5,8-10,12,16,18-19,24-25,28H,2,4,6-7,11,13-15,17H2,1,3H3;1H/q+1;/p-1. The fraction of sp³-hybridized carbons (Fsp3) is 0.560. The van der Waals surface area contributed by atoms with Crippen LogP contribution in [0.15, 0.2) is 43.1 Å². The Morgan fingerprint density at radius 3 is 2.90 bits per heavy atom. The van der Waals surface area contributed by atoms with Crippen molar-refractivity contribution in [2.45, 2.75) is 51.2 Å². The molecule has 4 nitrogen and oxygen atoms in total. The average Bonchev–Trinajstić information content (AvgIpc) is 2.78. The molecule has 4 heterocycles. The molecule has 5 rings (SSSR count). The van der Waals surface area contributed by atoms with E-state index in [1.807, 2.05) is 30.5 Å². The van der Waals surface area contributed by atoms with Crippen molar-refractivity contribution >= 4 is 10.9 Å². The third kappa shape index (κ3) is 4.10. The summed E-state index contributed by atoms with van der Waals surface area (Å²) in [6, 6.07) is 8.19. The lowest BCUT2D eigenvalue weighted by Crippen LogP contribution is -3.00. The Bertz CT molecular complexity index is 873. The number of pyridine rings is 1. The number of methoxy groups -OCH3 is 1. The number of ether oxygens (including phenoxy) is 1. The molecule has 5 heteroatoms. The van der Waals surface area contributed by atoms with Crippen LogP contribution in [0.25, 0.3) is 10.9 Å². The third-order valence-electron chi connectivity index (χ3n) is 7.55. The lowest BCUT2D eigenvalue weighted by Gasteiger charge is -2.58. The van der Waals surface area contributed by atoms with Crippen LogP contribution >= 0.6 is 0 Å². The van der Waals surface area contributed by atoms with Crippen LogP contribution in [0, 0.1) is 11.8 Å². The topological polar surface area (TPSA) is 42.4 Å². The minimum atomic E-state index is -0.484. The minimum absolute atomic E-state index is 0. The summed E-state index contributed by atoms with van der Waals surface area (Å²) < 4.78 is 6.49. The molecule has 3 fully saturated rings. The first kappa shape index (κ1) is 23.1. The summed E-state index contributed by atoms with van der Waals surface area (Å²) in [5.41, 5.74) is 1.91. The van der Waals surface area contributed by atoms with Crippen molar-refractivity contribution in [1.82, 2.24) is 4.98 Å². The van der Waals surface area contributed by atoms with E-state index in [-0.39, 0.29) is 18.4 Å². The van der Waals surface area contributed by atoms with Crippen LogP contribution in [0.1, 0.15) is 50.7 Å². The number of halogens is 1. The summed E-state index contributed by atoms with van der Waals surface area (Å²) >= 11 is 0. The summed E-state index contributed by atoms with van der Waals surface area (Å²) in [5.74, 6) is 2.05. The van der Waals surface area contributed by atoms with Crippen LogP contribution in [0.3, 0.4) is 0 Å². The van der Waals surface area contributed by atoms with E-state index in [0.29, 0.717) is 11.8 Å². The highest BCUT2D eigenvalue weighted by molar-refractivity contribution is 5.83. The SMILES string of the molecule is C=CC1C[N+]2(CCCCC)CCC1CC2C(O)c1ccnc2ccc(OC)cc12.[Cl-]. The van der Waals surface area contributed by atoms with Crippen LogP contribution in [0.5, 0.6) is 5.75 Å². The van der Waals surface area contributed by atoms with E-state index in [2.05, 4.69) is 24.6 Å².